The number of nitrogens with zero attached hydrogens (tertiary/aromatic N) is 1. The minimum absolute atomic E-state index is 0. The van der Waals surface area contributed by atoms with E-state index in [1.807, 2.05) is 0 Å². The number of hydrogen-bond acceptors (Lipinski definition) is 6. The zero-order valence-corrected chi connectivity index (χ0v) is 33.3. The van der Waals surface area contributed by atoms with E-state index in [0.29, 0.717) is 12.8 Å². The van der Waals surface area contributed by atoms with Gasteiger partial charge in [-0.3, -0.25) is 9.59 Å². The van der Waals surface area contributed by atoms with Gasteiger partial charge in [0.05, 0.1) is 6.61 Å². The van der Waals surface area contributed by atoms with E-state index in [1.165, 1.54) is 154 Å². The van der Waals surface area contributed by atoms with Gasteiger partial charge in [0, 0.05) is 26.3 Å². The largest absolute Gasteiger partial charge is 0.408 e. The number of carbonyl (C=O) groups excluding carboxylic acids is 2. The lowest BCUT2D eigenvalue weighted by molar-refractivity contribution is -0.275. The van der Waals surface area contributed by atoms with E-state index in [2.05, 4.69) is 13.8 Å². The molecule has 0 aliphatic carbocycles. The molecule has 0 saturated heterocycles. The van der Waals surface area contributed by atoms with Crippen molar-refractivity contribution < 1.29 is 24.2 Å². The molecule has 288 valence electrons. The summed E-state index contributed by atoms with van der Waals surface area (Å²) in [5.41, 5.74) is 0. The molecule has 0 rings (SSSR count). The number of ether oxygens (including phenoxy) is 2. The van der Waals surface area contributed by atoms with Gasteiger partial charge in [0.2, 0.25) is 0 Å². The average Bonchev–Trinajstić information content (AvgIpc) is 3.04. The van der Waals surface area contributed by atoms with Gasteiger partial charge < -0.3 is 14.6 Å². The number of aliphatic hydroxyl groups is 1. The predicted octanol–water partition coefficient (Wildman–Crippen LogP) is 12.6. The molecule has 0 aromatic carbocycles. The minimum atomic E-state index is -1.50. The summed E-state index contributed by atoms with van der Waals surface area (Å²) in [4.78, 5) is 27.0. The fraction of sp³-hybridized carbons (Fsp3) is 0.951. The van der Waals surface area contributed by atoms with Gasteiger partial charge in [-0.1, -0.05) is 194 Å². The van der Waals surface area contributed by atoms with Crippen molar-refractivity contribution in [3.8, 4) is 0 Å². The van der Waals surface area contributed by atoms with Gasteiger partial charge >= 0.3 is 17.8 Å². The maximum atomic E-state index is 12.7. The van der Waals surface area contributed by atoms with Crippen LogP contribution in [0.3, 0.4) is 0 Å². The molecular weight excluding hydrogens is 622 g/mol. The molecule has 0 aromatic heterocycles. The van der Waals surface area contributed by atoms with E-state index < -0.39 is 5.91 Å². The summed E-state index contributed by atoms with van der Waals surface area (Å²) in [6.07, 6.45) is 39.0. The van der Waals surface area contributed by atoms with E-state index in [9.17, 15) is 14.7 Å². The van der Waals surface area contributed by atoms with Crippen molar-refractivity contribution >= 4 is 24.3 Å². The first kappa shape index (κ1) is 49.3. The average molecular weight is 705 g/mol. The van der Waals surface area contributed by atoms with E-state index in [1.54, 1.807) is 18.9 Å². The van der Waals surface area contributed by atoms with E-state index in [4.69, 9.17) is 9.47 Å². The molecule has 0 fully saturated rings. The molecule has 1 N–H and O–H groups in total. The highest BCUT2D eigenvalue weighted by molar-refractivity contribution is 5.85. The fourth-order valence-electron chi connectivity index (χ4n) is 6.34. The molecule has 0 heterocycles. The topological polar surface area (TPSA) is 76.1 Å². The monoisotopic (exact) mass is 704 g/mol. The van der Waals surface area contributed by atoms with Gasteiger partial charge in [-0.2, -0.15) is 0 Å². The molecule has 0 saturated carbocycles. The maximum absolute atomic E-state index is 12.7. The predicted molar refractivity (Wildman–Crippen MR) is 207 cm³/mol. The molecule has 7 heteroatoms. The van der Waals surface area contributed by atoms with Crippen LogP contribution in [-0.2, 0) is 19.1 Å². The Morgan fingerprint density at radius 2 is 0.708 bits per heavy atom. The summed E-state index contributed by atoms with van der Waals surface area (Å²) in [6, 6.07) is 0. The third-order valence-corrected chi connectivity index (χ3v) is 9.70. The second-order valence-electron chi connectivity index (χ2n) is 14.4. The molecule has 48 heavy (non-hydrogen) atoms. The number of unbranched alkanes of at least 4 members (excludes halogenated alkanes) is 28. The Bertz CT molecular complexity index is 644. The van der Waals surface area contributed by atoms with Crippen LogP contribution in [0.2, 0.25) is 0 Å². The standard InChI is InChI=1S/C41H81NO5.ClH/c1-5-7-9-11-13-15-17-19-21-23-25-27-29-31-33-35-39(44)46-41(3,42(4)37-38-43)47-40(45)36-34-32-30-28-26-24-22-20-18-16-14-12-10-8-6-2;/h43H,5-38H2,1-4H3;1H. The van der Waals surface area contributed by atoms with Crippen LogP contribution in [0.5, 0.6) is 0 Å². The molecule has 0 radical (unpaired) electrons. The number of rotatable bonds is 37. The Labute approximate surface area is 305 Å². The van der Waals surface area contributed by atoms with Gasteiger partial charge in [-0.15, -0.1) is 12.4 Å². The highest BCUT2D eigenvalue weighted by atomic mass is 35.5. The van der Waals surface area contributed by atoms with Crippen LogP contribution in [0.15, 0.2) is 0 Å². The normalized spacial score (nSPS) is 11.5. The summed E-state index contributed by atoms with van der Waals surface area (Å²) in [5, 5.41) is 9.45. The van der Waals surface area contributed by atoms with E-state index >= 15 is 0 Å². The summed E-state index contributed by atoms with van der Waals surface area (Å²) in [6.45, 7) is 6.28. The van der Waals surface area contributed by atoms with Crippen molar-refractivity contribution in [1.82, 2.24) is 4.90 Å². The molecular formula is C41H82ClNO5. The second kappa shape index (κ2) is 37.4. The zero-order valence-electron chi connectivity index (χ0n) is 32.5. The molecule has 0 amide bonds. The van der Waals surface area contributed by atoms with Crippen molar-refractivity contribution in [3.63, 3.8) is 0 Å². The number of esters is 2. The van der Waals surface area contributed by atoms with Gasteiger partial charge in [0.1, 0.15) is 0 Å². The molecule has 0 aromatic rings. The van der Waals surface area contributed by atoms with Crippen molar-refractivity contribution in [2.75, 3.05) is 20.2 Å². The number of carbonyl (C=O) groups is 2. The third-order valence-electron chi connectivity index (χ3n) is 9.70. The summed E-state index contributed by atoms with van der Waals surface area (Å²) >= 11 is 0. The van der Waals surface area contributed by atoms with Crippen LogP contribution in [0.4, 0.5) is 0 Å². The van der Waals surface area contributed by atoms with Crippen molar-refractivity contribution in [1.29, 1.82) is 0 Å². The van der Waals surface area contributed by atoms with Gasteiger partial charge in [-0.05, 0) is 19.9 Å². The van der Waals surface area contributed by atoms with Crippen LogP contribution in [0.25, 0.3) is 0 Å². The molecule has 0 atom stereocenters. The number of hydrogen-bond donors (Lipinski definition) is 1. The second-order valence-corrected chi connectivity index (χ2v) is 14.4. The van der Waals surface area contributed by atoms with Gasteiger partial charge in [0.25, 0.3) is 0 Å². The van der Waals surface area contributed by atoms with Crippen molar-refractivity contribution in [3.05, 3.63) is 0 Å². The first-order chi connectivity index (χ1) is 22.9. The number of halogens is 1. The van der Waals surface area contributed by atoms with Crippen molar-refractivity contribution in [2.45, 2.75) is 232 Å². The van der Waals surface area contributed by atoms with Crippen LogP contribution in [0.1, 0.15) is 226 Å². The number of aliphatic hydroxyl groups excluding tert-OH is 1. The lowest BCUT2D eigenvalue weighted by Crippen LogP contribution is -2.51. The molecule has 6 nitrogen and oxygen atoms in total. The quantitative estimate of drug-likeness (QED) is 0.0394. The Kier molecular flexibility index (Phi) is 38.4. The summed E-state index contributed by atoms with van der Waals surface area (Å²) in [7, 11) is 1.71. The maximum Gasteiger partial charge on any atom is 0.317 e. The SMILES string of the molecule is CCCCCCCCCCCCCCCCCC(=O)OC(C)(OC(=O)CCCCCCCCCCCCCCCCC)N(C)CCO.Cl. The highest BCUT2D eigenvalue weighted by Gasteiger charge is 2.37. The smallest absolute Gasteiger partial charge is 0.317 e. The van der Waals surface area contributed by atoms with E-state index in [-0.39, 0.29) is 37.5 Å². The molecule has 0 aliphatic rings. The molecule has 0 aliphatic heterocycles. The summed E-state index contributed by atoms with van der Waals surface area (Å²) < 4.78 is 11.4. The molecule has 0 unspecified atom stereocenters. The molecule has 0 spiro atoms. The van der Waals surface area contributed by atoms with Gasteiger partial charge in [-0.25, -0.2) is 4.90 Å². The van der Waals surface area contributed by atoms with Crippen LogP contribution < -0.4 is 0 Å². The van der Waals surface area contributed by atoms with Crippen LogP contribution in [-0.4, -0.2) is 48.1 Å². The minimum Gasteiger partial charge on any atom is -0.408 e. The Balaban J connectivity index is 0. The Morgan fingerprint density at radius 1 is 0.479 bits per heavy atom. The lowest BCUT2D eigenvalue weighted by atomic mass is 10.0. The fourth-order valence-corrected chi connectivity index (χ4v) is 6.34. The van der Waals surface area contributed by atoms with Gasteiger partial charge in [0.15, 0.2) is 0 Å². The van der Waals surface area contributed by atoms with Crippen molar-refractivity contribution in [2.24, 2.45) is 0 Å². The highest BCUT2D eigenvalue weighted by Crippen LogP contribution is 2.21. The first-order valence-corrected chi connectivity index (χ1v) is 20.6. The number of likely N-dealkylation sites (N-methyl/N-ethyl adjacent to an activating group) is 1. The third kappa shape index (κ3) is 32.4. The Hall–Kier alpha value is -0.850. The lowest BCUT2D eigenvalue weighted by Gasteiger charge is -2.36. The Morgan fingerprint density at radius 3 is 0.938 bits per heavy atom. The van der Waals surface area contributed by atoms with Crippen LogP contribution in [0, 0.1) is 0 Å². The zero-order chi connectivity index (χ0) is 34.7. The van der Waals surface area contributed by atoms with Crippen LogP contribution >= 0.6 is 12.4 Å². The first-order valence-electron chi connectivity index (χ1n) is 20.6. The van der Waals surface area contributed by atoms with E-state index in [0.717, 1.165) is 38.5 Å². The summed E-state index contributed by atoms with van der Waals surface area (Å²) in [5.74, 6) is -2.21. The molecule has 0 bridgehead atoms.